The van der Waals surface area contributed by atoms with Crippen LogP contribution >= 0.6 is 11.6 Å². The van der Waals surface area contributed by atoms with Gasteiger partial charge >= 0.3 is 6.03 Å². The monoisotopic (exact) mass is 429 g/mol. The molecule has 2 aromatic carbocycles. The number of anilines is 1. The highest BCUT2D eigenvalue weighted by Gasteiger charge is 2.24. The standard InChI is InChI=1S/C22H24ClN3O4/c23-17-4-1-5-18(15-17)24-22(28)26-9-2-8-25(10-11-26)21(27)16-6-7-19-20(14-16)30-13-3-12-29-19/h1,4-7,14-15H,2-3,8-13H2,(H,24,28). The van der Waals surface area contributed by atoms with Crippen molar-refractivity contribution in [3.8, 4) is 11.5 Å². The number of ether oxygens (including phenoxy) is 2. The summed E-state index contributed by atoms with van der Waals surface area (Å²) < 4.78 is 11.3. The van der Waals surface area contributed by atoms with Crippen LogP contribution < -0.4 is 14.8 Å². The number of nitrogens with zero attached hydrogens (tertiary/aromatic N) is 2. The molecular weight excluding hydrogens is 406 g/mol. The van der Waals surface area contributed by atoms with Crippen LogP contribution in [0, 0.1) is 0 Å². The topological polar surface area (TPSA) is 71.1 Å². The average Bonchev–Trinajstić information content (AvgIpc) is 3.13. The Morgan fingerprint density at radius 3 is 2.47 bits per heavy atom. The van der Waals surface area contributed by atoms with E-state index in [1.165, 1.54) is 0 Å². The van der Waals surface area contributed by atoms with E-state index >= 15 is 0 Å². The number of carbonyl (C=O) groups excluding carboxylic acids is 2. The second kappa shape index (κ2) is 9.26. The highest BCUT2D eigenvalue weighted by Crippen LogP contribution is 2.31. The molecule has 1 saturated heterocycles. The van der Waals surface area contributed by atoms with Gasteiger partial charge in [0.2, 0.25) is 0 Å². The molecule has 8 heteroatoms. The Hall–Kier alpha value is -2.93. The van der Waals surface area contributed by atoms with Crippen LogP contribution in [0.2, 0.25) is 5.02 Å². The van der Waals surface area contributed by atoms with Crippen molar-refractivity contribution >= 4 is 29.2 Å². The van der Waals surface area contributed by atoms with Crippen molar-refractivity contribution in [2.45, 2.75) is 12.8 Å². The van der Waals surface area contributed by atoms with Gasteiger partial charge in [-0.25, -0.2) is 4.79 Å². The summed E-state index contributed by atoms with van der Waals surface area (Å²) in [6.07, 6.45) is 1.52. The Kier molecular flexibility index (Phi) is 6.28. The van der Waals surface area contributed by atoms with Gasteiger partial charge < -0.3 is 24.6 Å². The molecule has 0 radical (unpaired) electrons. The number of hydrogen-bond acceptors (Lipinski definition) is 4. The molecule has 0 unspecified atom stereocenters. The maximum atomic E-state index is 13.0. The normalized spacial score (nSPS) is 16.4. The van der Waals surface area contributed by atoms with E-state index < -0.39 is 0 Å². The zero-order valence-corrected chi connectivity index (χ0v) is 17.4. The van der Waals surface area contributed by atoms with E-state index in [9.17, 15) is 9.59 Å². The second-order valence-electron chi connectivity index (χ2n) is 7.29. The Morgan fingerprint density at radius 1 is 0.867 bits per heavy atom. The van der Waals surface area contributed by atoms with Crippen LogP contribution in [0.5, 0.6) is 11.5 Å². The molecule has 0 atom stereocenters. The summed E-state index contributed by atoms with van der Waals surface area (Å²) in [6.45, 7) is 3.29. The lowest BCUT2D eigenvalue weighted by Gasteiger charge is -2.23. The minimum atomic E-state index is -0.192. The molecule has 1 N–H and O–H groups in total. The molecule has 30 heavy (non-hydrogen) atoms. The fourth-order valence-corrected chi connectivity index (χ4v) is 3.76. The number of amides is 3. The lowest BCUT2D eigenvalue weighted by Crippen LogP contribution is -2.39. The summed E-state index contributed by atoms with van der Waals surface area (Å²) >= 11 is 5.98. The molecule has 0 saturated carbocycles. The Bertz CT molecular complexity index is 936. The molecule has 158 valence electrons. The molecule has 2 heterocycles. The molecule has 0 aliphatic carbocycles. The number of halogens is 1. The average molecular weight is 430 g/mol. The molecule has 7 nitrogen and oxygen atoms in total. The summed E-state index contributed by atoms with van der Waals surface area (Å²) in [6, 6.07) is 12.2. The van der Waals surface area contributed by atoms with Crippen LogP contribution in [0.25, 0.3) is 0 Å². The fraction of sp³-hybridized carbons (Fsp3) is 0.364. The summed E-state index contributed by atoms with van der Waals surface area (Å²) in [5.41, 5.74) is 1.22. The number of carbonyl (C=O) groups is 2. The van der Waals surface area contributed by atoms with Gasteiger partial charge in [0.25, 0.3) is 5.91 Å². The molecular formula is C22H24ClN3O4. The summed E-state index contributed by atoms with van der Waals surface area (Å²) in [5.74, 6) is 1.21. The highest BCUT2D eigenvalue weighted by molar-refractivity contribution is 6.30. The van der Waals surface area contributed by atoms with Gasteiger partial charge in [0.1, 0.15) is 0 Å². The number of fused-ring (bicyclic) bond motifs is 1. The van der Waals surface area contributed by atoms with Crippen molar-refractivity contribution < 1.29 is 19.1 Å². The number of nitrogens with one attached hydrogen (secondary N) is 1. The lowest BCUT2D eigenvalue weighted by molar-refractivity contribution is 0.0762. The van der Waals surface area contributed by atoms with E-state index in [4.69, 9.17) is 21.1 Å². The van der Waals surface area contributed by atoms with Crippen LogP contribution in [0.15, 0.2) is 42.5 Å². The third-order valence-corrected chi connectivity index (χ3v) is 5.38. The third kappa shape index (κ3) is 4.79. The minimum Gasteiger partial charge on any atom is -0.490 e. The predicted octanol–water partition coefficient (Wildman–Crippen LogP) is 3.88. The largest absolute Gasteiger partial charge is 0.490 e. The summed E-state index contributed by atoms with van der Waals surface area (Å²) in [5, 5.41) is 3.43. The smallest absolute Gasteiger partial charge is 0.321 e. The Balaban J connectivity index is 1.38. The van der Waals surface area contributed by atoms with Crippen molar-refractivity contribution in [3.63, 3.8) is 0 Å². The molecule has 2 aliphatic rings. The van der Waals surface area contributed by atoms with Gasteiger partial charge in [-0.3, -0.25) is 4.79 Å². The maximum absolute atomic E-state index is 13.0. The van der Waals surface area contributed by atoms with Crippen LogP contribution in [-0.4, -0.2) is 61.1 Å². The van der Waals surface area contributed by atoms with Crippen molar-refractivity contribution in [2.24, 2.45) is 0 Å². The first-order chi connectivity index (χ1) is 14.6. The molecule has 2 aromatic rings. The zero-order chi connectivity index (χ0) is 20.9. The first-order valence-electron chi connectivity index (χ1n) is 10.1. The van der Waals surface area contributed by atoms with E-state index in [1.54, 1.807) is 52.3 Å². The maximum Gasteiger partial charge on any atom is 0.321 e. The molecule has 0 aromatic heterocycles. The summed E-state index contributed by atoms with van der Waals surface area (Å²) in [4.78, 5) is 29.1. The number of benzene rings is 2. The molecule has 2 aliphatic heterocycles. The van der Waals surface area contributed by atoms with Gasteiger partial charge in [-0.05, 0) is 42.8 Å². The fourth-order valence-electron chi connectivity index (χ4n) is 3.57. The van der Waals surface area contributed by atoms with Crippen LogP contribution in [-0.2, 0) is 0 Å². The Labute approximate surface area is 180 Å². The molecule has 0 bridgehead atoms. The molecule has 0 spiro atoms. The third-order valence-electron chi connectivity index (χ3n) is 5.14. The van der Waals surface area contributed by atoms with Gasteiger partial charge in [-0.1, -0.05) is 17.7 Å². The van der Waals surface area contributed by atoms with Crippen LogP contribution in [0.4, 0.5) is 10.5 Å². The van der Waals surface area contributed by atoms with Crippen LogP contribution in [0.3, 0.4) is 0 Å². The van der Waals surface area contributed by atoms with E-state index in [-0.39, 0.29) is 11.9 Å². The van der Waals surface area contributed by atoms with Crippen molar-refractivity contribution in [3.05, 3.63) is 53.1 Å². The van der Waals surface area contributed by atoms with Gasteiger partial charge in [0.05, 0.1) is 13.2 Å². The van der Waals surface area contributed by atoms with Gasteiger partial charge in [0, 0.05) is 48.9 Å². The summed E-state index contributed by atoms with van der Waals surface area (Å²) in [7, 11) is 0. The quantitative estimate of drug-likeness (QED) is 0.786. The molecule has 3 amide bonds. The van der Waals surface area contributed by atoms with Gasteiger partial charge in [0.15, 0.2) is 11.5 Å². The van der Waals surface area contributed by atoms with Crippen molar-refractivity contribution in [2.75, 3.05) is 44.7 Å². The van der Waals surface area contributed by atoms with Gasteiger partial charge in [-0.2, -0.15) is 0 Å². The van der Waals surface area contributed by atoms with E-state index in [0.29, 0.717) is 73.6 Å². The SMILES string of the molecule is O=C(Nc1cccc(Cl)c1)N1CCCN(C(=O)c2ccc3c(c2)OCCCO3)CC1. The predicted molar refractivity (Wildman–Crippen MR) is 115 cm³/mol. The van der Waals surface area contributed by atoms with Gasteiger partial charge in [-0.15, -0.1) is 0 Å². The number of hydrogen-bond donors (Lipinski definition) is 1. The number of urea groups is 1. The van der Waals surface area contributed by atoms with Crippen LogP contribution in [0.1, 0.15) is 23.2 Å². The minimum absolute atomic E-state index is 0.0669. The first-order valence-corrected chi connectivity index (χ1v) is 10.5. The Morgan fingerprint density at radius 2 is 1.63 bits per heavy atom. The second-order valence-corrected chi connectivity index (χ2v) is 7.72. The van der Waals surface area contributed by atoms with E-state index in [1.807, 2.05) is 0 Å². The zero-order valence-electron chi connectivity index (χ0n) is 16.6. The van der Waals surface area contributed by atoms with Crippen molar-refractivity contribution in [1.82, 2.24) is 9.80 Å². The van der Waals surface area contributed by atoms with E-state index in [2.05, 4.69) is 5.32 Å². The van der Waals surface area contributed by atoms with Crippen molar-refractivity contribution in [1.29, 1.82) is 0 Å². The van der Waals surface area contributed by atoms with E-state index in [0.717, 1.165) is 6.42 Å². The highest BCUT2D eigenvalue weighted by atomic mass is 35.5. The molecule has 1 fully saturated rings. The number of rotatable bonds is 2. The first kappa shape index (κ1) is 20.3. The lowest BCUT2D eigenvalue weighted by atomic mass is 10.1. The molecule has 4 rings (SSSR count).